The number of fused-ring (bicyclic) bond motifs is 1. The first-order valence-electron chi connectivity index (χ1n) is 9.37. The van der Waals surface area contributed by atoms with Gasteiger partial charge in [0.25, 0.3) is 0 Å². The molecule has 2 aromatic heterocycles. The first-order chi connectivity index (χ1) is 15.0. The van der Waals surface area contributed by atoms with Crippen LogP contribution < -0.4 is 10.5 Å². The molecule has 1 aromatic carbocycles. The second-order valence-electron chi connectivity index (χ2n) is 6.76. The Bertz CT molecular complexity index is 1060. The molecule has 12 nitrogen and oxygen atoms in total. The highest BCUT2D eigenvalue weighted by molar-refractivity contribution is 5.77. The number of imidazole rings is 1. The Kier molecular flexibility index (Phi) is 5.84. The maximum Gasteiger partial charge on any atom is 0.509 e. The Morgan fingerprint density at radius 2 is 2.06 bits per heavy atom. The fourth-order valence-corrected chi connectivity index (χ4v) is 3.32. The molecule has 3 aromatic rings. The van der Waals surface area contributed by atoms with E-state index in [0.29, 0.717) is 5.52 Å². The highest BCUT2D eigenvalue weighted by Gasteiger charge is 2.48. The first-order valence-corrected chi connectivity index (χ1v) is 9.37. The molecular formula is C19H21N5O7. The van der Waals surface area contributed by atoms with Crippen molar-refractivity contribution in [2.45, 2.75) is 31.1 Å². The third kappa shape index (κ3) is 4.08. The molecule has 3 heterocycles. The van der Waals surface area contributed by atoms with Crippen molar-refractivity contribution in [2.24, 2.45) is 0 Å². The summed E-state index contributed by atoms with van der Waals surface area (Å²) in [7, 11) is 1.41. The summed E-state index contributed by atoms with van der Waals surface area (Å²) in [4.78, 5) is 24.6. The lowest BCUT2D eigenvalue weighted by Crippen LogP contribution is -2.37. The maximum absolute atomic E-state index is 12.3. The predicted molar refractivity (Wildman–Crippen MR) is 105 cm³/mol. The number of anilines is 1. The Morgan fingerprint density at radius 1 is 1.29 bits per heavy atom. The second kappa shape index (κ2) is 8.71. The lowest BCUT2D eigenvalue weighted by atomic mass is 10.1. The van der Waals surface area contributed by atoms with Gasteiger partial charge in [0.1, 0.15) is 18.8 Å². The maximum atomic E-state index is 12.3. The van der Waals surface area contributed by atoms with E-state index in [4.69, 9.17) is 24.7 Å². The molecule has 0 spiro atoms. The highest BCUT2D eigenvalue weighted by Crippen LogP contribution is 2.35. The number of nitrogen functional groups attached to an aromatic ring is 1. The van der Waals surface area contributed by atoms with Crippen LogP contribution in [0.15, 0.2) is 36.7 Å². The molecule has 0 unspecified atom stereocenters. The Balaban J connectivity index is 1.58. The summed E-state index contributed by atoms with van der Waals surface area (Å²) in [6, 6.07) is 9.05. The number of carbonyl (C=O) groups excluding carboxylic acids is 1. The fourth-order valence-electron chi connectivity index (χ4n) is 3.32. The van der Waals surface area contributed by atoms with Crippen molar-refractivity contribution < 1.29 is 34.0 Å². The van der Waals surface area contributed by atoms with E-state index in [2.05, 4.69) is 15.0 Å². The molecule has 0 aliphatic carbocycles. The van der Waals surface area contributed by atoms with Crippen LogP contribution in [-0.2, 0) is 20.8 Å². The summed E-state index contributed by atoms with van der Waals surface area (Å²) < 4.78 is 22.8. The average Bonchev–Trinajstić information content (AvgIpc) is 3.33. The van der Waals surface area contributed by atoms with E-state index < -0.39 is 37.3 Å². The topological polar surface area (TPSA) is 164 Å². The molecule has 12 heteroatoms. The van der Waals surface area contributed by atoms with Crippen molar-refractivity contribution in [3.63, 3.8) is 0 Å². The van der Waals surface area contributed by atoms with Gasteiger partial charge in [-0.25, -0.2) is 9.78 Å². The van der Waals surface area contributed by atoms with Gasteiger partial charge in [-0.05, 0) is 5.56 Å². The lowest BCUT2D eigenvalue weighted by molar-refractivity contribution is -0.0639. The van der Waals surface area contributed by atoms with Gasteiger partial charge in [0, 0.05) is 0 Å². The molecule has 1 aliphatic heterocycles. The summed E-state index contributed by atoms with van der Waals surface area (Å²) in [5.74, 6) is 0.0846. The number of hydrogen-bond donors (Lipinski definition) is 3. The van der Waals surface area contributed by atoms with Gasteiger partial charge in [0.15, 0.2) is 23.5 Å². The van der Waals surface area contributed by atoms with Crippen molar-refractivity contribution in [1.82, 2.24) is 19.5 Å². The standard InChI is InChI=1S/C19H21N5O7/c1-28-16-12-15(22-18(20)23-16)24(9-21-12)17-14(13(26)11(7-25)30-17)31-19(27)29-8-10-5-3-2-4-6-10/h2-6,9,11,13-14,17,25-26H,7-8H2,1H3,(H2,20,22,23)/t11-,13-,14+,17-/m1/s1. The normalized spacial score (nSPS) is 23.1. The molecule has 1 fully saturated rings. The molecule has 4 N–H and O–H groups in total. The minimum absolute atomic E-state index is 0.00754. The van der Waals surface area contributed by atoms with Gasteiger partial charge in [-0.3, -0.25) is 4.57 Å². The number of nitrogens with zero attached hydrogens (tertiary/aromatic N) is 4. The van der Waals surface area contributed by atoms with Crippen molar-refractivity contribution in [2.75, 3.05) is 19.5 Å². The van der Waals surface area contributed by atoms with Crippen LogP contribution in [0, 0.1) is 0 Å². The zero-order chi connectivity index (χ0) is 22.0. The fraction of sp³-hybridized carbons (Fsp3) is 0.368. The molecular weight excluding hydrogens is 410 g/mol. The number of carbonyl (C=O) groups is 1. The number of nitrogens with two attached hydrogens (primary N) is 1. The van der Waals surface area contributed by atoms with Gasteiger partial charge in [-0.1, -0.05) is 30.3 Å². The monoisotopic (exact) mass is 431 g/mol. The van der Waals surface area contributed by atoms with Crippen LogP contribution in [0.3, 0.4) is 0 Å². The van der Waals surface area contributed by atoms with Crippen molar-refractivity contribution in [3.05, 3.63) is 42.2 Å². The van der Waals surface area contributed by atoms with Crippen molar-refractivity contribution in [3.8, 4) is 5.88 Å². The Morgan fingerprint density at radius 3 is 2.77 bits per heavy atom. The lowest BCUT2D eigenvalue weighted by Gasteiger charge is -2.21. The van der Waals surface area contributed by atoms with E-state index in [1.165, 1.54) is 18.0 Å². The summed E-state index contributed by atoms with van der Waals surface area (Å²) >= 11 is 0. The van der Waals surface area contributed by atoms with Gasteiger partial charge in [-0.2, -0.15) is 9.97 Å². The molecule has 1 aliphatic rings. The van der Waals surface area contributed by atoms with E-state index in [1.54, 1.807) is 12.1 Å². The highest BCUT2D eigenvalue weighted by atomic mass is 16.7. The number of aliphatic hydroxyl groups excluding tert-OH is 2. The molecule has 1 saturated heterocycles. The summed E-state index contributed by atoms with van der Waals surface area (Å²) in [6.45, 7) is -0.504. The number of hydrogen-bond acceptors (Lipinski definition) is 11. The number of aliphatic hydroxyl groups is 2. The SMILES string of the molecule is COc1nc(N)nc2c1ncn2[C@@H]1O[C@H](CO)[C@@H](O)[C@@H]1OC(=O)OCc1ccccc1. The smallest absolute Gasteiger partial charge is 0.479 e. The number of benzene rings is 1. The van der Waals surface area contributed by atoms with E-state index >= 15 is 0 Å². The van der Waals surface area contributed by atoms with Gasteiger partial charge < -0.3 is 34.9 Å². The molecule has 0 bridgehead atoms. The number of rotatable bonds is 6. The van der Waals surface area contributed by atoms with Crippen LogP contribution >= 0.6 is 0 Å². The van der Waals surface area contributed by atoms with Crippen LogP contribution in [0.4, 0.5) is 10.7 Å². The van der Waals surface area contributed by atoms with E-state index in [-0.39, 0.29) is 24.1 Å². The van der Waals surface area contributed by atoms with Crippen LogP contribution in [0.2, 0.25) is 0 Å². The number of methoxy groups -OCH3 is 1. The van der Waals surface area contributed by atoms with Gasteiger partial charge in [0.2, 0.25) is 11.8 Å². The quantitative estimate of drug-likeness (QED) is 0.462. The third-order valence-corrected chi connectivity index (χ3v) is 4.80. The number of aromatic nitrogens is 4. The molecule has 4 atom stereocenters. The third-order valence-electron chi connectivity index (χ3n) is 4.80. The number of ether oxygens (including phenoxy) is 4. The van der Waals surface area contributed by atoms with Crippen molar-refractivity contribution >= 4 is 23.3 Å². The summed E-state index contributed by atoms with van der Waals surface area (Å²) in [5.41, 5.74) is 7.05. The average molecular weight is 431 g/mol. The van der Waals surface area contributed by atoms with E-state index in [1.807, 2.05) is 18.2 Å². The largest absolute Gasteiger partial charge is 0.509 e. The van der Waals surface area contributed by atoms with Crippen LogP contribution in [0.1, 0.15) is 11.8 Å². The Hall–Kier alpha value is -3.48. The Labute approximate surface area is 176 Å². The molecule has 164 valence electrons. The van der Waals surface area contributed by atoms with Gasteiger partial charge in [-0.15, -0.1) is 0 Å². The second-order valence-corrected chi connectivity index (χ2v) is 6.76. The summed E-state index contributed by atoms with van der Waals surface area (Å²) in [5, 5.41) is 20.1. The minimum atomic E-state index is -1.32. The van der Waals surface area contributed by atoms with Gasteiger partial charge in [0.05, 0.1) is 20.0 Å². The first kappa shape index (κ1) is 20.8. The predicted octanol–water partition coefficient (Wildman–Crippen LogP) is 0.390. The molecule has 0 amide bonds. The molecule has 4 rings (SSSR count). The van der Waals surface area contributed by atoms with E-state index in [0.717, 1.165) is 5.56 Å². The minimum Gasteiger partial charge on any atom is -0.479 e. The van der Waals surface area contributed by atoms with Crippen LogP contribution in [0.5, 0.6) is 5.88 Å². The van der Waals surface area contributed by atoms with Crippen LogP contribution in [0.25, 0.3) is 11.2 Å². The zero-order valence-electron chi connectivity index (χ0n) is 16.5. The summed E-state index contributed by atoms with van der Waals surface area (Å²) in [6.07, 6.45) is -4.23. The van der Waals surface area contributed by atoms with Crippen LogP contribution in [-0.4, -0.2) is 67.9 Å². The molecule has 0 radical (unpaired) electrons. The molecule has 31 heavy (non-hydrogen) atoms. The van der Waals surface area contributed by atoms with E-state index in [9.17, 15) is 15.0 Å². The zero-order valence-corrected chi connectivity index (χ0v) is 16.5. The molecule has 0 saturated carbocycles. The van der Waals surface area contributed by atoms with Crippen molar-refractivity contribution in [1.29, 1.82) is 0 Å². The van der Waals surface area contributed by atoms with Gasteiger partial charge >= 0.3 is 6.16 Å².